The number of alkyl halides is 1. The summed E-state index contributed by atoms with van der Waals surface area (Å²) in [6.07, 6.45) is 0.350. The average Bonchev–Trinajstić information content (AvgIpc) is 2.59. The van der Waals surface area contributed by atoms with Gasteiger partial charge in [-0.25, -0.2) is 0 Å². The van der Waals surface area contributed by atoms with Gasteiger partial charge in [0, 0.05) is 0 Å². The minimum absolute atomic E-state index is 0.258. The zero-order chi connectivity index (χ0) is 11.7. The molecule has 0 saturated carbocycles. The van der Waals surface area contributed by atoms with Gasteiger partial charge in [0.15, 0.2) is 0 Å². The molecule has 1 fully saturated rings. The number of aliphatic hydroxyl groups excluding tert-OH is 2. The number of rotatable bonds is 2. The van der Waals surface area contributed by atoms with Crippen LogP contribution in [0.15, 0.2) is 10.2 Å². The van der Waals surface area contributed by atoms with Crippen LogP contribution in [0.4, 0.5) is 4.79 Å². The predicted octanol–water partition coefficient (Wildman–Crippen LogP) is -0.275. The summed E-state index contributed by atoms with van der Waals surface area (Å²) in [4.78, 5) is 22.5. The number of amides is 2. The second-order valence-electron chi connectivity index (χ2n) is 3.47. The van der Waals surface area contributed by atoms with Gasteiger partial charge in [0.2, 0.25) is 0 Å². The van der Waals surface area contributed by atoms with Crippen molar-refractivity contribution in [3.8, 4) is 0 Å². The Morgan fingerprint density at radius 2 is 2.31 bits per heavy atom. The molecule has 2 heterocycles. The first-order valence-corrected chi connectivity index (χ1v) is 8.33. The van der Waals surface area contributed by atoms with Crippen LogP contribution < -0.4 is 5.32 Å². The number of carbonyl (C=O) groups excluding carboxylic acids is 2. The molecule has 2 amide bonds. The van der Waals surface area contributed by atoms with Gasteiger partial charge in [-0.05, 0) is 0 Å². The Bertz CT molecular complexity index is 345. The summed E-state index contributed by atoms with van der Waals surface area (Å²) in [7, 11) is 0. The van der Waals surface area contributed by atoms with E-state index in [4.69, 9.17) is 9.84 Å². The summed E-state index contributed by atoms with van der Waals surface area (Å²) < 4.78 is 6.44. The Morgan fingerprint density at radius 3 is 2.88 bits per heavy atom. The van der Waals surface area contributed by atoms with Crippen LogP contribution in [-0.2, 0) is 9.53 Å². The topological polar surface area (TPSA) is 95.9 Å². The molecule has 0 radical (unpaired) electrons. The Kier molecular flexibility index (Phi) is 3.57. The molecule has 90 valence electrons. The van der Waals surface area contributed by atoms with Gasteiger partial charge in [-0.2, -0.15) is 0 Å². The zero-order valence-electron chi connectivity index (χ0n) is 8.30. The van der Waals surface area contributed by atoms with E-state index >= 15 is 0 Å². The molecule has 16 heavy (non-hydrogen) atoms. The summed E-state index contributed by atoms with van der Waals surface area (Å²) in [5.41, 5.74) is 0. The van der Waals surface area contributed by atoms with Crippen LogP contribution in [0.5, 0.6) is 0 Å². The second-order valence-corrected chi connectivity index (χ2v) is 8.52. The van der Waals surface area contributed by atoms with E-state index in [1.54, 1.807) is 4.08 Å². The van der Waals surface area contributed by atoms with E-state index in [0.29, 0.717) is 6.42 Å². The Labute approximate surface area is 99.0 Å². The maximum atomic E-state index is 11.6. The first-order chi connectivity index (χ1) is 7.61. The van der Waals surface area contributed by atoms with Crippen molar-refractivity contribution < 1.29 is 24.5 Å². The van der Waals surface area contributed by atoms with Crippen LogP contribution in [-0.4, -0.2) is 43.0 Å². The summed E-state index contributed by atoms with van der Waals surface area (Å²) in [6, 6.07) is 0. The van der Waals surface area contributed by atoms with Crippen LogP contribution in [0, 0.1) is 0 Å². The fraction of sp³-hybridized carbons (Fsp3) is 0.556. The first-order valence-electron chi connectivity index (χ1n) is 4.76. The normalized spacial score (nSPS) is 36.6. The molecule has 0 aliphatic carbocycles. The maximum absolute atomic E-state index is 11.6. The van der Waals surface area contributed by atoms with Gasteiger partial charge in [0.1, 0.15) is 0 Å². The van der Waals surface area contributed by atoms with Crippen molar-refractivity contribution in [1.29, 1.82) is 0 Å². The summed E-state index contributed by atoms with van der Waals surface area (Å²) in [5, 5.41) is 20.7. The van der Waals surface area contributed by atoms with Crippen LogP contribution in [0.2, 0.25) is 0 Å². The van der Waals surface area contributed by atoms with Crippen molar-refractivity contribution in [3.63, 3.8) is 0 Å². The fourth-order valence-electron chi connectivity index (χ4n) is 1.56. The Balaban J connectivity index is 2.07. The molecule has 0 aromatic rings. The number of hydrogen-bond donors (Lipinski definition) is 3. The number of halogens is 1. The summed E-state index contributed by atoms with van der Waals surface area (Å²) >= 11 is -2.23. The van der Waals surface area contributed by atoms with Gasteiger partial charge < -0.3 is 0 Å². The third-order valence-corrected chi connectivity index (χ3v) is 7.22. The molecular weight excluding hydrogens is 329 g/mol. The van der Waals surface area contributed by atoms with Crippen molar-refractivity contribution in [3.05, 3.63) is 10.2 Å². The molecule has 3 N–H and O–H groups in total. The minimum atomic E-state index is -2.23. The molecule has 3 atom stereocenters. The number of imide groups is 1. The van der Waals surface area contributed by atoms with E-state index in [1.165, 1.54) is 6.08 Å². The van der Waals surface area contributed by atoms with Crippen molar-refractivity contribution in [2.75, 3.05) is 6.61 Å². The molecule has 0 bridgehead atoms. The third kappa shape index (κ3) is 2.26. The van der Waals surface area contributed by atoms with Crippen LogP contribution in [0.25, 0.3) is 0 Å². The molecular formula is C9H12INO5. The molecule has 6 nitrogen and oxygen atoms in total. The van der Waals surface area contributed by atoms with Gasteiger partial charge in [-0.1, -0.05) is 0 Å². The van der Waals surface area contributed by atoms with Crippen LogP contribution in [0.1, 0.15) is 6.42 Å². The SMILES string of the molecule is O=C1C=CI(C2C[C@H](O)[C@@H](CO)O2)C(=O)N1. The standard InChI is InChI=1S/C9H12INO5/c12-4-6-5(13)3-7(16-6)10-2-1-8(14)11-9(10)15/h1-2,5-7,12-13H,3-4H2,(H,11,14,15)/t5-,6+,7?/m0/s1. The average molecular weight is 341 g/mol. The molecule has 1 unspecified atom stereocenters. The summed E-state index contributed by atoms with van der Waals surface area (Å²) in [6.45, 7) is -0.258. The number of aliphatic hydroxyl groups is 2. The Hall–Kier alpha value is -0.510. The molecule has 1 saturated heterocycles. The quantitative estimate of drug-likeness (QED) is 0.278. The molecule has 0 aromatic heterocycles. The molecule has 2 aliphatic heterocycles. The van der Waals surface area contributed by atoms with Gasteiger partial charge >= 0.3 is 99.0 Å². The van der Waals surface area contributed by atoms with Gasteiger partial charge in [0.05, 0.1) is 0 Å². The van der Waals surface area contributed by atoms with E-state index in [-0.39, 0.29) is 14.6 Å². The van der Waals surface area contributed by atoms with Crippen molar-refractivity contribution in [2.24, 2.45) is 0 Å². The molecule has 2 rings (SSSR count). The van der Waals surface area contributed by atoms with Gasteiger partial charge in [-0.3, -0.25) is 0 Å². The van der Waals surface area contributed by atoms with E-state index in [0.717, 1.165) is 0 Å². The molecule has 7 heteroatoms. The van der Waals surface area contributed by atoms with Crippen LogP contribution >= 0.6 is 19.8 Å². The van der Waals surface area contributed by atoms with E-state index < -0.39 is 37.9 Å². The second kappa shape index (κ2) is 4.78. The third-order valence-electron chi connectivity index (χ3n) is 2.39. The predicted molar refractivity (Wildman–Crippen MR) is 63.1 cm³/mol. The fourth-order valence-corrected chi connectivity index (χ4v) is 6.03. The number of carbonyl (C=O) groups is 2. The summed E-state index contributed by atoms with van der Waals surface area (Å²) in [5.74, 6) is -0.407. The molecule has 2 aliphatic rings. The van der Waals surface area contributed by atoms with Crippen LogP contribution in [0.3, 0.4) is 0 Å². The van der Waals surface area contributed by atoms with Crippen molar-refractivity contribution in [2.45, 2.75) is 22.7 Å². The van der Waals surface area contributed by atoms with Crippen molar-refractivity contribution in [1.82, 2.24) is 5.32 Å². The van der Waals surface area contributed by atoms with E-state index in [9.17, 15) is 14.7 Å². The number of nitrogens with one attached hydrogen (secondary N) is 1. The zero-order valence-corrected chi connectivity index (χ0v) is 10.5. The monoisotopic (exact) mass is 341 g/mol. The number of hydrogen-bond acceptors (Lipinski definition) is 5. The molecule has 0 spiro atoms. The molecule has 0 aromatic carbocycles. The van der Waals surface area contributed by atoms with Gasteiger partial charge in [0.25, 0.3) is 0 Å². The first kappa shape index (κ1) is 12.0. The van der Waals surface area contributed by atoms with E-state index in [2.05, 4.69) is 5.32 Å². The van der Waals surface area contributed by atoms with E-state index in [1.807, 2.05) is 0 Å². The van der Waals surface area contributed by atoms with Gasteiger partial charge in [-0.15, -0.1) is 0 Å². The van der Waals surface area contributed by atoms with Crippen molar-refractivity contribution >= 4 is 29.6 Å². The Morgan fingerprint density at radius 1 is 1.56 bits per heavy atom. The number of ether oxygens (including phenoxy) is 1.